The average molecular weight is 312 g/mol. The Morgan fingerprint density at radius 2 is 2.33 bits per heavy atom. The third-order valence-corrected chi connectivity index (χ3v) is 3.68. The minimum atomic E-state index is -0.199. The summed E-state index contributed by atoms with van der Waals surface area (Å²) in [6.07, 6.45) is 2.94. The normalized spacial score (nSPS) is 20.2. The lowest BCUT2D eigenvalue weighted by molar-refractivity contribution is -0.108. The van der Waals surface area contributed by atoms with E-state index in [0.29, 0.717) is 5.88 Å². The topological polar surface area (TPSA) is 44.5 Å². The van der Waals surface area contributed by atoms with Crippen LogP contribution in [0.1, 0.15) is 24.8 Å². The number of aromatic nitrogens is 1. The van der Waals surface area contributed by atoms with Gasteiger partial charge in [-0.2, -0.15) is 0 Å². The molecule has 5 heteroatoms. The first kappa shape index (κ1) is 12.0. The second-order valence-corrected chi connectivity index (χ2v) is 4.89. The van der Waals surface area contributed by atoms with E-state index in [1.807, 2.05) is 18.2 Å². The van der Waals surface area contributed by atoms with Gasteiger partial charge in [-0.15, -0.1) is 0 Å². The average Bonchev–Trinajstić information content (AvgIpc) is 2.83. The Hall–Kier alpha value is -1.07. The maximum atomic E-state index is 5.80. The second-order valence-electron chi connectivity index (χ2n) is 4.33. The van der Waals surface area contributed by atoms with E-state index < -0.39 is 0 Å². The molecule has 1 aromatic carbocycles. The van der Waals surface area contributed by atoms with Gasteiger partial charge < -0.3 is 14.0 Å². The van der Waals surface area contributed by atoms with E-state index >= 15 is 0 Å². The van der Waals surface area contributed by atoms with Crippen LogP contribution in [-0.2, 0) is 10.1 Å². The van der Waals surface area contributed by atoms with Crippen molar-refractivity contribution in [3.05, 3.63) is 23.8 Å². The molecule has 0 radical (unpaired) electrons. The van der Waals surface area contributed by atoms with Crippen molar-refractivity contribution in [2.75, 3.05) is 6.61 Å². The molecule has 0 saturated carbocycles. The van der Waals surface area contributed by atoms with Gasteiger partial charge in [0.05, 0.1) is 12.0 Å². The Morgan fingerprint density at radius 1 is 1.39 bits per heavy atom. The fourth-order valence-electron chi connectivity index (χ4n) is 2.15. The highest BCUT2D eigenvalue weighted by molar-refractivity contribution is 9.08. The minimum Gasteiger partial charge on any atom is -0.445 e. The van der Waals surface area contributed by atoms with Gasteiger partial charge in [0.2, 0.25) is 6.29 Å². The largest absolute Gasteiger partial charge is 0.445 e. The molecule has 18 heavy (non-hydrogen) atoms. The molecule has 3 rings (SSSR count). The Labute approximate surface area is 113 Å². The number of rotatable bonds is 3. The zero-order chi connectivity index (χ0) is 12.4. The molecule has 1 atom stereocenters. The van der Waals surface area contributed by atoms with Crippen LogP contribution in [0.15, 0.2) is 22.7 Å². The first-order valence-corrected chi connectivity index (χ1v) is 7.22. The van der Waals surface area contributed by atoms with E-state index in [2.05, 4.69) is 21.1 Å². The van der Waals surface area contributed by atoms with Crippen LogP contribution < -0.4 is 4.74 Å². The van der Waals surface area contributed by atoms with Crippen LogP contribution in [-0.4, -0.2) is 18.1 Å². The molecule has 1 aliphatic rings. The van der Waals surface area contributed by atoms with Gasteiger partial charge in [-0.05, 0) is 29.6 Å². The van der Waals surface area contributed by atoms with Crippen molar-refractivity contribution >= 4 is 26.9 Å². The Kier molecular flexibility index (Phi) is 3.52. The smallest absolute Gasteiger partial charge is 0.264 e. The summed E-state index contributed by atoms with van der Waals surface area (Å²) < 4.78 is 16.6. The van der Waals surface area contributed by atoms with Crippen molar-refractivity contribution < 1.29 is 14.0 Å². The third kappa shape index (κ3) is 2.24. The van der Waals surface area contributed by atoms with Gasteiger partial charge in [0.15, 0.2) is 5.58 Å². The number of benzene rings is 1. The molecule has 0 N–H and O–H groups in total. The van der Waals surface area contributed by atoms with E-state index in [1.165, 1.54) is 0 Å². The Balaban J connectivity index is 1.91. The molecule has 1 aromatic heterocycles. The molecule has 0 bridgehead atoms. The summed E-state index contributed by atoms with van der Waals surface area (Å²) in [6, 6.07) is 5.87. The summed E-state index contributed by atoms with van der Waals surface area (Å²) in [5, 5.41) is 5.68. The predicted octanol–water partition coefficient (Wildman–Crippen LogP) is 3.63. The van der Waals surface area contributed by atoms with E-state index in [4.69, 9.17) is 14.0 Å². The second kappa shape index (κ2) is 5.28. The van der Waals surface area contributed by atoms with Gasteiger partial charge in [-0.1, -0.05) is 28.1 Å². The van der Waals surface area contributed by atoms with Gasteiger partial charge in [-0.3, -0.25) is 0 Å². The van der Waals surface area contributed by atoms with E-state index in [9.17, 15) is 0 Å². The summed E-state index contributed by atoms with van der Waals surface area (Å²) in [5.74, 6) is 0.534. The molecule has 2 aromatic rings. The quantitative estimate of drug-likeness (QED) is 0.812. The maximum Gasteiger partial charge on any atom is 0.264 e. The Bertz CT molecular complexity index is 534. The molecule has 1 aliphatic heterocycles. The van der Waals surface area contributed by atoms with Crippen molar-refractivity contribution in [2.24, 2.45) is 0 Å². The van der Waals surface area contributed by atoms with Crippen molar-refractivity contribution in [2.45, 2.75) is 30.9 Å². The molecule has 96 valence electrons. The number of hydrogen-bond acceptors (Lipinski definition) is 4. The SMILES string of the molecule is BrCc1cccc2onc(OC3CCCCO3)c12. The minimum absolute atomic E-state index is 0.199. The first-order valence-electron chi connectivity index (χ1n) is 6.10. The fraction of sp³-hybridized carbons (Fsp3) is 0.462. The van der Waals surface area contributed by atoms with Crippen LogP contribution in [0.5, 0.6) is 5.88 Å². The predicted molar refractivity (Wildman–Crippen MR) is 70.9 cm³/mol. The molecule has 1 unspecified atom stereocenters. The van der Waals surface area contributed by atoms with E-state index in [0.717, 1.165) is 47.7 Å². The summed E-state index contributed by atoms with van der Waals surface area (Å²) in [5.41, 5.74) is 1.86. The Morgan fingerprint density at radius 3 is 3.11 bits per heavy atom. The van der Waals surface area contributed by atoms with Crippen LogP contribution in [0.3, 0.4) is 0 Å². The molecule has 1 saturated heterocycles. The molecule has 0 aliphatic carbocycles. The standard InChI is InChI=1S/C13H14BrNO3/c14-8-9-4-3-5-10-12(9)13(15-18-10)17-11-6-1-2-7-16-11/h3-5,11H,1-2,6-8H2. The monoisotopic (exact) mass is 311 g/mol. The molecule has 1 fully saturated rings. The molecule has 2 heterocycles. The molecular formula is C13H14BrNO3. The molecule has 0 spiro atoms. The van der Waals surface area contributed by atoms with Crippen LogP contribution in [0.2, 0.25) is 0 Å². The number of fused-ring (bicyclic) bond motifs is 1. The van der Waals surface area contributed by atoms with Crippen molar-refractivity contribution in [3.63, 3.8) is 0 Å². The highest BCUT2D eigenvalue weighted by Gasteiger charge is 2.20. The number of alkyl halides is 1. The van der Waals surface area contributed by atoms with E-state index in [-0.39, 0.29) is 6.29 Å². The van der Waals surface area contributed by atoms with E-state index in [1.54, 1.807) is 0 Å². The number of ether oxygens (including phenoxy) is 2. The molecular weight excluding hydrogens is 298 g/mol. The van der Waals surface area contributed by atoms with Crippen molar-refractivity contribution in [1.29, 1.82) is 0 Å². The summed E-state index contributed by atoms with van der Waals surface area (Å²) in [4.78, 5) is 0. The molecule has 4 nitrogen and oxygen atoms in total. The lowest BCUT2D eigenvalue weighted by Crippen LogP contribution is -2.25. The third-order valence-electron chi connectivity index (χ3n) is 3.08. The van der Waals surface area contributed by atoms with Crippen LogP contribution >= 0.6 is 15.9 Å². The highest BCUT2D eigenvalue weighted by Crippen LogP contribution is 2.31. The number of nitrogens with zero attached hydrogens (tertiary/aromatic N) is 1. The van der Waals surface area contributed by atoms with Crippen molar-refractivity contribution in [3.8, 4) is 5.88 Å². The van der Waals surface area contributed by atoms with Gasteiger partial charge in [0.1, 0.15) is 0 Å². The maximum absolute atomic E-state index is 5.80. The van der Waals surface area contributed by atoms with Crippen LogP contribution in [0, 0.1) is 0 Å². The lowest BCUT2D eigenvalue weighted by atomic mass is 10.1. The zero-order valence-electron chi connectivity index (χ0n) is 9.89. The first-order chi connectivity index (χ1) is 8.88. The molecule has 0 amide bonds. The van der Waals surface area contributed by atoms with Crippen molar-refractivity contribution in [1.82, 2.24) is 5.16 Å². The van der Waals surface area contributed by atoms with Crippen LogP contribution in [0.25, 0.3) is 11.0 Å². The highest BCUT2D eigenvalue weighted by atomic mass is 79.9. The number of hydrogen-bond donors (Lipinski definition) is 0. The van der Waals surface area contributed by atoms with Gasteiger partial charge in [-0.25, -0.2) is 0 Å². The number of halogens is 1. The van der Waals surface area contributed by atoms with Gasteiger partial charge in [0.25, 0.3) is 5.88 Å². The fourth-order valence-corrected chi connectivity index (χ4v) is 2.62. The zero-order valence-corrected chi connectivity index (χ0v) is 11.5. The summed E-state index contributed by atoms with van der Waals surface area (Å²) in [7, 11) is 0. The lowest BCUT2D eigenvalue weighted by Gasteiger charge is -2.22. The van der Waals surface area contributed by atoms with Gasteiger partial charge >= 0.3 is 0 Å². The summed E-state index contributed by atoms with van der Waals surface area (Å²) in [6.45, 7) is 0.756. The summed E-state index contributed by atoms with van der Waals surface area (Å²) >= 11 is 3.47. The van der Waals surface area contributed by atoms with Gasteiger partial charge in [0, 0.05) is 11.8 Å². The van der Waals surface area contributed by atoms with Crippen LogP contribution in [0.4, 0.5) is 0 Å².